The lowest BCUT2D eigenvalue weighted by molar-refractivity contribution is -0.384. The van der Waals surface area contributed by atoms with Gasteiger partial charge in [0.1, 0.15) is 5.69 Å². The molecule has 0 bridgehead atoms. The number of nitrogens with one attached hydrogen (secondary N) is 1. The monoisotopic (exact) mass is 272 g/mol. The molecule has 0 aliphatic heterocycles. The number of pyridine rings is 1. The van der Waals surface area contributed by atoms with Gasteiger partial charge in [0.05, 0.1) is 4.92 Å². The first-order chi connectivity index (χ1) is 9.58. The second-order valence-electron chi connectivity index (χ2n) is 4.07. The van der Waals surface area contributed by atoms with Crippen LogP contribution in [0.4, 0.5) is 11.4 Å². The number of primary amides is 1. The van der Waals surface area contributed by atoms with E-state index in [9.17, 15) is 14.9 Å². The third kappa shape index (κ3) is 3.08. The number of aromatic nitrogens is 1. The van der Waals surface area contributed by atoms with Gasteiger partial charge >= 0.3 is 0 Å². The highest BCUT2D eigenvalue weighted by Gasteiger charge is 2.15. The van der Waals surface area contributed by atoms with Crippen molar-refractivity contribution in [3.05, 3.63) is 64.0 Å². The van der Waals surface area contributed by atoms with Crippen LogP contribution < -0.4 is 11.1 Å². The van der Waals surface area contributed by atoms with Gasteiger partial charge in [-0.2, -0.15) is 0 Å². The zero-order valence-corrected chi connectivity index (χ0v) is 10.4. The summed E-state index contributed by atoms with van der Waals surface area (Å²) < 4.78 is 0. The van der Waals surface area contributed by atoms with Crippen molar-refractivity contribution in [2.45, 2.75) is 6.54 Å². The van der Waals surface area contributed by atoms with Gasteiger partial charge in [0.15, 0.2) is 0 Å². The number of nitrogens with two attached hydrogens (primary N) is 1. The zero-order valence-electron chi connectivity index (χ0n) is 10.4. The molecule has 2 rings (SSSR count). The summed E-state index contributed by atoms with van der Waals surface area (Å²) in [6, 6.07) is 7.56. The number of hydrogen-bond donors (Lipinski definition) is 2. The largest absolute Gasteiger partial charge is 0.375 e. The van der Waals surface area contributed by atoms with Crippen LogP contribution in [0.3, 0.4) is 0 Å². The van der Waals surface area contributed by atoms with E-state index in [4.69, 9.17) is 5.73 Å². The molecule has 20 heavy (non-hydrogen) atoms. The Kier molecular flexibility index (Phi) is 3.90. The van der Waals surface area contributed by atoms with Gasteiger partial charge < -0.3 is 11.1 Å². The second-order valence-corrected chi connectivity index (χ2v) is 4.07. The van der Waals surface area contributed by atoms with E-state index in [0.29, 0.717) is 6.54 Å². The summed E-state index contributed by atoms with van der Waals surface area (Å²) >= 11 is 0. The fourth-order valence-electron chi connectivity index (χ4n) is 1.69. The molecule has 102 valence electrons. The first kappa shape index (κ1) is 13.5. The molecule has 0 fully saturated rings. The molecule has 0 saturated heterocycles. The molecule has 1 amide bonds. The van der Waals surface area contributed by atoms with E-state index in [0.717, 1.165) is 5.56 Å². The van der Waals surface area contributed by atoms with Gasteiger partial charge in [-0.25, -0.2) is 0 Å². The molecule has 0 atom stereocenters. The highest BCUT2D eigenvalue weighted by Crippen LogP contribution is 2.25. The lowest BCUT2D eigenvalue weighted by Crippen LogP contribution is -2.12. The minimum absolute atomic E-state index is 0.112. The molecule has 1 aromatic heterocycles. The maximum Gasteiger partial charge on any atom is 0.292 e. The molecule has 7 heteroatoms. The Hall–Kier alpha value is -2.96. The summed E-state index contributed by atoms with van der Waals surface area (Å²) in [5, 5.41) is 13.9. The minimum atomic E-state index is -0.635. The Bertz CT molecular complexity index is 643. The summed E-state index contributed by atoms with van der Waals surface area (Å²) in [6.07, 6.45) is 3.29. The molecule has 3 N–H and O–H groups in total. The van der Waals surface area contributed by atoms with Gasteiger partial charge in [0, 0.05) is 30.6 Å². The van der Waals surface area contributed by atoms with Gasteiger partial charge in [0.25, 0.3) is 5.69 Å². The quantitative estimate of drug-likeness (QED) is 0.635. The molecule has 0 saturated carbocycles. The van der Waals surface area contributed by atoms with E-state index < -0.39 is 10.8 Å². The van der Waals surface area contributed by atoms with Gasteiger partial charge in [0.2, 0.25) is 5.91 Å². The number of nitro benzene ring substituents is 1. The van der Waals surface area contributed by atoms with Crippen molar-refractivity contribution < 1.29 is 9.72 Å². The molecule has 1 heterocycles. The van der Waals surface area contributed by atoms with Crippen molar-refractivity contribution in [2.75, 3.05) is 5.32 Å². The summed E-state index contributed by atoms with van der Waals surface area (Å²) in [5.74, 6) is -0.635. The van der Waals surface area contributed by atoms with Crippen LogP contribution >= 0.6 is 0 Å². The topological polar surface area (TPSA) is 111 Å². The lowest BCUT2D eigenvalue weighted by Gasteiger charge is -2.08. The Morgan fingerprint density at radius 1 is 1.40 bits per heavy atom. The van der Waals surface area contributed by atoms with Gasteiger partial charge in [-0.15, -0.1) is 0 Å². The maximum atomic E-state index is 11.1. The molecule has 0 spiro atoms. The van der Waals surface area contributed by atoms with E-state index in [1.54, 1.807) is 18.5 Å². The van der Waals surface area contributed by atoms with Crippen molar-refractivity contribution in [1.29, 1.82) is 0 Å². The van der Waals surface area contributed by atoms with Crippen molar-refractivity contribution in [3.63, 3.8) is 0 Å². The summed E-state index contributed by atoms with van der Waals surface area (Å²) in [6.45, 7) is 0.358. The van der Waals surface area contributed by atoms with Crippen molar-refractivity contribution in [2.24, 2.45) is 5.73 Å². The number of benzene rings is 1. The highest BCUT2D eigenvalue weighted by molar-refractivity contribution is 5.94. The molecule has 0 aliphatic rings. The fourth-order valence-corrected chi connectivity index (χ4v) is 1.69. The summed E-state index contributed by atoms with van der Waals surface area (Å²) in [7, 11) is 0. The Morgan fingerprint density at radius 3 is 2.80 bits per heavy atom. The molecule has 1 aromatic carbocycles. The van der Waals surface area contributed by atoms with Crippen molar-refractivity contribution in [3.8, 4) is 0 Å². The number of anilines is 1. The number of carbonyl (C=O) groups is 1. The van der Waals surface area contributed by atoms with E-state index in [2.05, 4.69) is 10.3 Å². The number of amides is 1. The van der Waals surface area contributed by atoms with Crippen LogP contribution in [0.2, 0.25) is 0 Å². The van der Waals surface area contributed by atoms with Crippen molar-refractivity contribution >= 4 is 17.3 Å². The smallest absolute Gasteiger partial charge is 0.292 e. The Balaban J connectivity index is 2.26. The number of nitro groups is 1. The molecule has 0 aliphatic carbocycles. The SMILES string of the molecule is NC(=O)c1ccc([N+](=O)[O-])c(NCc2cccnc2)c1. The summed E-state index contributed by atoms with van der Waals surface area (Å²) in [4.78, 5) is 25.5. The van der Waals surface area contributed by atoms with Crippen LogP contribution in [0.15, 0.2) is 42.7 Å². The van der Waals surface area contributed by atoms with Crippen LogP contribution in [0.25, 0.3) is 0 Å². The summed E-state index contributed by atoms with van der Waals surface area (Å²) in [5.41, 5.74) is 6.38. The predicted molar refractivity (Wildman–Crippen MR) is 73.2 cm³/mol. The van der Waals surface area contributed by atoms with E-state index in [1.165, 1.54) is 18.2 Å². The van der Waals surface area contributed by atoms with Crippen LogP contribution in [0, 0.1) is 10.1 Å². The number of rotatable bonds is 5. The van der Waals surface area contributed by atoms with E-state index in [1.807, 2.05) is 6.07 Å². The Labute approximate surface area is 114 Å². The highest BCUT2D eigenvalue weighted by atomic mass is 16.6. The lowest BCUT2D eigenvalue weighted by atomic mass is 10.1. The standard InChI is InChI=1S/C13H12N4O3/c14-13(18)10-3-4-12(17(19)20)11(6-10)16-8-9-2-1-5-15-7-9/h1-7,16H,8H2,(H2,14,18). The Morgan fingerprint density at radius 2 is 2.20 bits per heavy atom. The first-order valence-electron chi connectivity index (χ1n) is 5.79. The minimum Gasteiger partial charge on any atom is -0.375 e. The number of nitrogens with zero attached hydrogens (tertiary/aromatic N) is 2. The fraction of sp³-hybridized carbons (Fsp3) is 0.0769. The number of carbonyl (C=O) groups excluding carboxylic acids is 1. The van der Waals surface area contributed by atoms with E-state index in [-0.39, 0.29) is 16.9 Å². The van der Waals surface area contributed by atoms with Gasteiger partial charge in [-0.3, -0.25) is 19.9 Å². The second kappa shape index (κ2) is 5.79. The normalized spacial score (nSPS) is 10.0. The van der Waals surface area contributed by atoms with Crippen LogP contribution in [-0.4, -0.2) is 15.8 Å². The molecule has 0 radical (unpaired) electrons. The molecular weight excluding hydrogens is 260 g/mol. The predicted octanol–water partition coefficient (Wildman–Crippen LogP) is 1.70. The molecule has 7 nitrogen and oxygen atoms in total. The number of hydrogen-bond acceptors (Lipinski definition) is 5. The molecular formula is C13H12N4O3. The van der Waals surface area contributed by atoms with Gasteiger partial charge in [-0.05, 0) is 23.8 Å². The maximum absolute atomic E-state index is 11.1. The average Bonchev–Trinajstić information content (AvgIpc) is 2.45. The van der Waals surface area contributed by atoms with Crippen LogP contribution in [0.1, 0.15) is 15.9 Å². The van der Waals surface area contributed by atoms with Crippen LogP contribution in [-0.2, 0) is 6.54 Å². The molecule has 2 aromatic rings. The average molecular weight is 272 g/mol. The van der Waals surface area contributed by atoms with E-state index >= 15 is 0 Å². The van der Waals surface area contributed by atoms with Crippen molar-refractivity contribution in [1.82, 2.24) is 4.98 Å². The zero-order chi connectivity index (χ0) is 14.5. The van der Waals surface area contributed by atoms with Gasteiger partial charge in [-0.1, -0.05) is 6.07 Å². The third-order valence-corrected chi connectivity index (χ3v) is 2.68. The van der Waals surface area contributed by atoms with Crippen LogP contribution in [0.5, 0.6) is 0 Å². The molecule has 0 unspecified atom stereocenters. The first-order valence-corrected chi connectivity index (χ1v) is 5.79. The third-order valence-electron chi connectivity index (χ3n) is 2.68.